The van der Waals surface area contributed by atoms with E-state index in [1.807, 2.05) is 36.4 Å². The molecule has 7 heteroatoms. The van der Waals surface area contributed by atoms with Crippen LogP contribution in [0.25, 0.3) is 0 Å². The van der Waals surface area contributed by atoms with Gasteiger partial charge in [-0.25, -0.2) is 0 Å². The molecule has 1 heterocycles. The van der Waals surface area contributed by atoms with Gasteiger partial charge in [-0.05, 0) is 55.3 Å². The molecule has 0 saturated heterocycles. The monoisotopic (exact) mass is 365 g/mol. The Labute approximate surface area is 158 Å². The Balaban J connectivity index is 1.52. The van der Waals surface area contributed by atoms with Gasteiger partial charge in [0.1, 0.15) is 18.1 Å². The standard InChI is InChI=1S/C20H23N5O2/c1-14-5-4-6-18(15(14)2)23-20-24-19(13-22-25-20)21-11-12-27-17-9-7-16(26-3)8-10-17/h4-10,13H,11-12H2,1-3H3,(H2,21,23,24,25). The van der Waals surface area contributed by atoms with Crippen LogP contribution in [0.3, 0.4) is 0 Å². The lowest BCUT2D eigenvalue weighted by Crippen LogP contribution is -2.13. The van der Waals surface area contributed by atoms with Crippen molar-refractivity contribution in [2.75, 3.05) is 30.9 Å². The minimum atomic E-state index is 0.449. The molecule has 27 heavy (non-hydrogen) atoms. The third kappa shape index (κ3) is 5.07. The third-order valence-corrected chi connectivity index (χ3v) is 4.15. The zero-order valence-electron chi connectivity index (χ0n) is 15.7. The van der Waals surface area contributed by atoms with Crippen LogP contribution in [-0.4, -0.2) is 35.4 Å². The summed E-state index contributed by atoms with van der Waals surface area (Å²) in [5.41, 5.74) is 3.34. The van der Waals surface area contributed by atoms with Gasteiger partial charge in [0, 0.05) is 5.69 Å². The molecule has 140 valence electrons. The predicted molar refractivity (Wildman–Crippen MR) is 106 cm³/mol. The molecule has 0 aliphatic heterocycles. The van der Waals surface area contributed by atoms with Crippen molar-refractivity contribution >= 4 is 17.5 Å². The maximum Gasteiger partial charge on any atom is 0.249 e. The summed E-state index contributed by atoms with van der Waals surface area (Å²) in [6.45, 7) is 5.22. The quantitative estimate of drug-likeness (QED) is 0.589. The molecule has 0 amide bonds. The second kappa shape index (κ2) is 8.84. The van der Waals surface area contributed by atoms with E-state index in [0.29, 0.717) is 24.9 Å². The van der Waals surface area contributed by atoms with E-state index in [0.717, 1.165) is 22.7 Å². The zero-order chi connectivity index (χ0) is 19.1. The van der Waals surface area contributed by atoms with E-state index in [1.54, 1.807) is 13.3 Å². The number of ether oxygens (including phenoxy) is 2. The van der Waals surface area contributed by atoms with Gasteiger partial charge in [0.15, 0.2) is 5.82 Å². The van der Waals surface area contributed by atoms with Crippen LogP contribution in [-0.2, 0) is 0 Å². The molecule has 0 spiro atoms. The average Bonchev–Trinajstić information content (AvgIpc) is 2.70. The normalized spacial score (nSPS) is 10.3. The SMILES string of the molecule is COc1ccc(OCCNc2cnnc(Nc3cccc(C)c3C)n2)cc1. The molecule has 0 aliphatic carbocycles. The Morgan fingerprint density at radius 2 is 1.78 bits per heavy atom. The summed E-state index contributed by atoms with van der Waals surface area (Å²) >= 11 is 0. The molecule has 7 nitrogen and oxygen atoms in total. The van der Waals surface area contributed by atoms with E-state index in [1.165, 1.54) is 5.56 Å². The number of benzene rings is 2. The molecule has 0 saturated carbocycles. The van der Waals surface area contributed by atoms with Crippen molar-refractivity contribution in [1.82, 2.24) is 15.2 Å². The van der Waals surface area contributed by atoms with Crippen LogP contribution in [0.5, 0.6) is 11.5 Å². The van der Waals surface area contributed by atoms with E-state index in [2.05, 4.69) is 45.7 Å². The lowest BCUT2D eigenvalue weighted by molar-refractivity contribution is 0.331. The summed E-state index contributed by atoms with van der Waals surface area (Å²) in [5.74, 6) is 2.67. The van der Waals surface area contributed by atoms with Crippen molar-refractivity contribution in [2.24, 2.45) is 0 Å². The highest BCUT2D eigenvalue weighted by atomic mass is 16.5. The summed E-state index contributed by atoms with van der Waals surface area (Å²) in [7, 11) is 1.64. The summed E-state index contributed by atoms with van der Waals surface area (Å²) in [6, 6.07) is 13.5. The number of hydrogen-bond donors (Lipinski definition) is 2. The summed E-state index contributed by atoms with van der Waals surface area (Å²) in [6.07, 6.45) is 1.58. The van der Waals surface area contributed by atoms with E-state index in [-0.39, 0.29) is 0 Å². The average molecular weight is 365 g/mol. The summed E-state index contributed by atoms with van der Waals surface area (Å²) < 4.78 is 10.8. The molecule has 0 bridgehead atoms. The van der Waals surface area contributed by atoms with E-state index < -0.39 is 0 Å². The van der Waals surface area contributed by atoms with Gasteiger partial charge in [-0.15, -0.1) is 5.10 Å². The molecule has 0 fully saturated rings. The minimum absolute atomic E-state index is 0.449. The number of nitrogens with zero attached hydrogens (tertiary/aromatic N) is 3. The number of aryl methyl sites for hydroxylation is 1. The Morgan fingerprint density at radius 1 is 1.00 bits per heavy atom. The van der Waals surface area contributed by atoms with Gasteiger partial charge in [-0.3, -0.25) is 0 Å². The fourth-order valence-corrected chi connectivity index (χ4v) is 2.47. The summed E-state index contributed by atoms with van der Waals surface area (Å²) in [4.78, 5) is 4.44. The molecular formula is C20H23N5O2. The zero-order valence-corrected chi connectivity index (χ0v) is 15.7. The number of rotatable bonds is 8. The highest BCUT2D eigenvalue weighted by Crippen LogP contribution is 2.21. The van der Waals surface area contributed by atoms with Gasteiger partial charge in [-0.1, -0.05) is 12.1 Å². The van der Waals surface area contributed by atoms with Crippen LogP contribution >= 0.6 is 0 Å². The predicted octanol–water partition coefficient (Wildman–Crippen LogP) is 3.73. The maximum absolute atomic E-state index is 5.68. The molecule has 0 aliphatic rings. The number of anilines is 3. The Kier molecular flexibility index (Phi) is 6.04. The molecule has 3 aromatic rings. The lowest BCUT2D eigenvalue weighted by Gasteiger charge is -2.11. The van der Waals surface area contributed by atoms with Crippen LogP contribution < -0.4 is 20.1 Å². The van der Waals surface area contributed by atoms with Gasteiger partial charge < -0.3 is 20.1 Å². The summed E-state index contributed by atoms with van der Waals surface area (Å²) in [5, 5.41) is 14.4. The van der Waals surface area contributed by atoms with Gasteiger partial charge in [0.25, 0.3) is 0 Å². The topological polar surface area (TPSA) is 81.2 Å². The minimum Gasteiger partial charge on any atom is -0.497 e. The number of aromatic nitrogens is 3. The largest absolute Gasteiger partial charge is 0.497 e. The van der Waals surface area contributed by atoms with Gasteiger partial charge in [0.2, 0.25) is 5.95 Å². The highest BCUT2D eigenvalue weighted by Gasteiger charge is 2.05. The fraction of sp³-hybridized carbons (Fsp3) is 0.250. The first-order valence-corrected chi connectivity index (χ1v) is 8.69. The van der Waals surface area contributed by atoms with Crippen LogP contribution in [0.1, 0.15) is 11.1 Å². The maximum atomic E-state index is 5.68. The molecule has 0 unspecified atom stereocenters. The van der Waals surface area contributed by atoms with Crippen molar-refractivity contribution in [3.8, 4) is 11.5 Å². The second-order valence-corrected chi connectivity index (χ2v) is 5.99. The van der Waals surface area contributed by atoms with Crippen LogP contribution in [0, 0.1) is 13.8 Å². The number of methoxy groups -OCH3 is 1. The van der Waals surface area contributed by atoms with Crippen LogP contribution in [0.4, 0.5) is 17.5 Å². The van der Waals surface area contributed by atoms with Gasteiger partial charge in [-0.2, -0.15) is 10.1 Å². The van der Waals surface area contributed by atoms with E-state index in [9.17, 15) is 0 Å². The molecule has 0 radical (unpaired) electrons. The van der Waals surface area contributed by atoms with E-state index in [4.69, 9.17) is 9.47 Å². The van der Waals surface area contributed by atoms with E-state index >= 15 is 0 Å². The van der Waals surface area contributed by atoms with Crippen molar-refractivity contribution in [3.05, 3.63) is 59.8 Å². The molecular weight excluding hydrogens is 342 g/mol. The van der Waals surface area contributed by atoms with Crippen LogP contribution in [0.15, 0.2) is 48.7 Å². The van der Waals surface area contributed by atoms with Crippen molar-refractivity contribution in [2.45, 2.75) is 13.8 Å². The van der Waals surface area contributed by atoms with Gasteiger partial charge in [0.05, 0.1) is 19.9 Å². The van der Waals surface area contributed by atoms with Crippen LogP contribution in [0.2, 0.25) is 0 Å². The fourth-order valence-electron chi connectivity index (χ4n) is 2.47. The highest BCUT2D eigenvalue weighted by molar-refractivity contribution is 5.60. The molecule has 2 aromatic carbocycles. The third-order valence-electron chi connectivity index (χ3n) is 4.15. The van der Waals surface area contributed by atoms with Crippen molar-refractivity contribution < 1.29 is 9.47 Å². The van der Waals surface area contributed by atoms with Gasteiger partial charge >= 0.3 is 0 Å². The first-order valence-electron chi connectivity index (χ1n) is 8.69. The first kappa shape index (κ1) is 18.4. The Bertz CT molecular complexity index is 884. The molecule has 2 N–H and O–H groups in total. The Hall–Kier alpha value is -3.35. The van der Waals surface area contributed by atoms with Crippen molar-refractivity contribution in [1.29, 1.82) is 0 Å². The van der Waals surface area contributed by atoms with Crippen molar-refractivity contribution in [3.63, 3.8) is 0 Å². The molecule has 0 atom stereocenters. The smallest absolute Gasteiger partial charge is 0.249 e. The lowest BCUT2D eigenvalue weighted by atomic mass is 10.1. The number of nitrogens with one attached hydrogen (secondary N) is 2. The molecule has 1 aromatic heterocycles. The molecule has 3 rings (SSSR count). The second-order valence-electron chi connectivity index (χ2n) is 5.99. The first-order chi connectivity index (χ1) is 13.2. The Morgan fingerprint density at radius 3 is 2.56 bits per heavy atom. The number of hydrogen-bond acceptors (Lipinski definition) is 7.